The van der Waals surface area contributed by atoms with E-state index in [1.54, 1.807) is 6.21 Å². The van der Waals surface area contributed by atoms with Gasteiger partial charge in [0.1, 0.15) is 5.75 Å². The van der Waals surface area contributed by atoms with E-state index in [0.29, 0.717) is 24.7 Å². The maximum Gasteiger partial charge on any atom is 0.277 e. The fourth-order valence-corrected chi connectivity index (χ4v) is 2.52. The van der Waals surface area contributed by atoms with Crippen LogP contribution in [0.5, 0.6) is 17.2 Å². The van der Waals surface area contributed by atoms with Gasteiger partial charge in [-0.05, 0) is 62.6 Å². The van der Waals surface area contributed by atoms with E-state index in [-0.39, 0.29) is 12.5 Å². The zero-order valence-electron chi connectivity index (χ0n) is 16.2. The summed E-state index contributed by atoms with van der Waals surface area (Å²) in [6, 6.07) is 11.3. The minimum absolute atomic E-state index is 0.101. The lowest BCUT2D eigenvalue weighted by Crippen LogP contribution is -2.25. The molecule has 2 rings (SSSR count). The van der Waals surface area contributed by atoms with E-state index in [2.05, 4.69) is 10.5 Å². The van der Waals surface area contributed by atoms with E-state index in [1.807, 2.05) is 64.1 Å². The lowest BCUT2D eigenvalue weighted by molar-refractivity contribution is -0.123. The Morgan fingerprint density at radius 3 is 2.33 bits per heavy atom. The molecule has 6 heteroatoms. The molecule has 0 heterocycles. The predicted molar refractivity (Wildman–Crippen MR) is 106 cm³/mol. The Balaban J connectivity index is 1.92. The molecule has 0 aliphatic rings. The fourth-order valence-electron chi connectivity index (χ4n) is 2.52. The smallest absolute Gasteiger partial charge is 0.277 e. The van der Waals surface area contributed by atoms with Crippen LogP contribution in [0, 0.1) is 13.8 Å². The summed E-state index contributed by atoms with van der Waals surface area (Å²) in [5, 5.41) is 3.97. The average Bonchev–Trinajstić information content (AvgIpc) is 2.64. The van der Waals surface area contributed by atoms with Gasteiger partial charge in [-0.2, -0.15) is 5.10 Å². The molecule has 0 bridgehead atoms. The average molecular weight is 370 g/mol. The van der Waals surface area contributed by atoms with Gasteiger partial charge in [0, 0.05) is 0 Å². The molecule has 2 aromatic rings. The second-order valence-electron chi connectivity index (χ2n) is 5.87. The number of carbonyl (C=O) groups excluding carboxylic acids is 1. The van der Waals surface area contributed by atoms with Crippen molar-refractivity contribution in [1.29, 1.82) is 0 Å². The lowest BCUT2D eigenvalue weighted by atomic mass is 10.1. The Morgan fingerprint density at radius 2 is 1.67 bits per heavy atom. The van der Waals surface area contributed by atoms with Crippen LogP contribution >= 0.6 is 0 Å². The second-order valence-corrected chi connectivity index (χ2v) is 5.87. The molecule has 0 saturated heterocycles. The zero-order chi connectivity index (χ0) is 19.6. The van der Waals surface area contributed by atoms with Gasteiger partial charge >= 0.3 is 0 Å². The monoisotopic (exact) mass is 370 g/mol. The summed E-state index contributed by atoms with van der Waals surface area (Å²) in [5.74, 6) is 1.73. The summed E-state index contributed by atoms with van der Waals surface area (Å²) < 4.78 is 16.7. The Morgan fingerprint density at radius 1 is 1.00 bits per heavy atom. The van der Waals surface area contributed by atoms with Crippen molar-refractivity contribution in [2.24, 2.45) is 5.10 Å². The van der Waals surface area contributed by atoms with E-state index < -0.39 is 0 Å². The Hall–Kier alpha value is -3.02. The molecule has 0 fully saturated rings. The highest BCUT2D eigenvalue weighted by atomic mass is 16.5. The highest BCUT2D eigenvalue weighted by molar-refractivity contribution is 5.83. The number of benzene rings is 2. The summed E-state index contributed by atoms with van der Waals surface area (Å²) in [6.07, 6.45) is 1.55. The molecular weight excluding hydrogens is 344 g/mol. The van der Waals surface area contributed by atoms with Crippen molar-refractivity contribution in [1.82, 2.24) is 5.43 Å². The molecule has 0 radical (unpaired) electrons. The number of para-hydroxylation sites is 1. The molecule has 0 saturated carbocycles. The summed E-state index contributed by atoms with van der Waals surface area (Å²) >= 11 is 0. The van der Waals surface area contributed by atoms with Gasteiger partial charge in [0.2, 0.25) is 0 Å². The number of hydrogen-bond donors (Lipinski definition) is 1. The minimum Gasteiger partial charge on any atom is -0.490 e. The standard InChI is InChI=1S/C21H26N2O4/c1-5-25-18-11-10-17(12-19(18)26-6-2)13-22-23-20(24)14-27-21-15(3)8-7-9-16(21)4/h7-13H,5-6,14H2,1-4H3,(H,23,24)/b22-13-. The van der Waals surface area contributed by atoms with E-state index in [1.165, 1.54) is 0 Å². The quantitative estimate of drug-likeness (QED) is 0.541. The van der Waals surface area contributed by atoms with Crippen molar-refractivity contribution < 1.29 is 19.0 Å². The van der Waals surface area contributed by atoms with Crippen LogP contribution in [0.4, 0.5) is 0 Å². The van der Waals surface area contributed by atoms with Crippen molar-refractivity contribution in [2.45, 2.75) is 27.7 Å². The molecule has 0 aliphatic carbocycles. The van der Waals surface area contributed by atoms with E-state index in [0.717, 1.165) is 22.4 Å². The molecule has 27 heavy (non-hydrogen) atoms. The summed E-state index contributed by atoms with van der Waals surface area (Å²) in [7, 11) is 0. The number of rotatable bonds is 9. The second kappa shape index (κ2) is 10.2. The molecule has 0 spiro atoms. The van der Waals surface area contributed by atoms with Crippen molar-refractivity contribution in [2.75, 3.05) is 19.8 Å². The van der Waals surface area contributed by atoms with E-state index in [4.69, 9.17) is 14.2 Å². The van der Waals surface area contributed by atoms with Gasteiger partial charge in [-0.25, -0.2) is 5.43 Å². The van der Waals surface area contributed by atoms with Crippen molar-refractivity contribution in [3.05, 3.63) is 53.1 Å². The largest absolute Gasteiger partial charge is 0.490 e. The highest BCUT2D eigenvalue weighted by Crippen LogP contribution is 2.28. The van der Waals surface area contributed by atoms with Gasteiger partial charge in [-0.3, -0.25) is 4.79 Å². The first kappa shape index (κ1) is 20.3. The normalized spacial score (nSPS) is 10.7. The van der Waals surface area contributed by atoms with Crippen molar-refractivity contribution >= 4 is 12.1 Å². The molecule has 0 aliphatic heterocycles. The summed E-state index contributed by atoms with van der Waals surface area (Å²) in [4.78, 5) is 11.9. The number of aryl methyl sites for hydroxylation is 2. The lowest BCUT2D eigenvalue weighted by Gasteiger charge is -2.11. The summed E-state index contributed by atoms with van der Waals surface area (Å²) in [5.41, 5.74) is 5.23. The maximum absolute atomic E-state index is 11.9. The molecule has 1 N–H and O–H groups in total. The first-order valence-corrected chi connectivity index (χ1v) is 8.95. The number of amides is 1. The van der Waals surface area contributed by atoms with Gasteiger partial charge in [-0.1, -0.05) is 18.2 Å². The zero-order valence-corrected chi connectivity index (χ0v) is 16.2. The van der Waals surface area contributed by atoms with Gasteiger partial charge in [0.25, 0.3) is 5.91 Å². The molecule has 144 valence electrons. The van der Waals surface area contributed by atoms with Gasteiger partial charge < -0.3 is 14.2 Å². The third-order valence-corrected chi connectivity index (χ3v) is 3.73. The van der Waals surface area contributed by atoms with Gasteiger partial charge in [-0.15, -0.1) is 0 Å². The Labute approximate surface area is 160 Å². The topological polar surface area (TPSA) is 69.2 Å². The van der Waals surface area contributed by atoms with Crippen LogP contribution in [0.15, 0.2) is 41.5 Å². The van der Waals surface area contributed by atoms with Crippen LogP contribution in [0.2, 0.25) is 0 Å². The van der Waals surface area contributed by atoms with Crippen molar-refractivity contribution in [3.8, 4) is 17.2 Å². The number of hydrogen-bond acceptors (Lipinski definition) is 5. The first-order valence-electron chi connectivity index (χ1n) is 8.95. The third-order valence-electron chi connectivity index (χ3n) is 3.73. The molecule has 0 atom stereocenters. The molecular formula is C21H26N2O4. The Kier molecular flexibility index (Phi) is 7.67. The highest BCUT2D eigenvalue weighted by Gasteiger charge is 2.07. The van der Waals surface area contributed by atoms with Crippen LogP contribution in [0.1, 0.15) is 30.5 Å². The molecule has 1 amide bonds. The third kappa shape index (κ3) is 6.02. The van der Waals surface area contributed by atoms with Crippen LogP contribution in [0.3, 0.4) is 0 Å². The Bertz CT molecular complexity index is 783. The number of nitrogens with zero attached hydrogens (tertiary/aromatic N) is 1. The SMILES string of the molecule is CCOc1ccc(/C=N\NC(=O)COc2c(C)cccc2C)cc1OCC. The minimum atomic E-state index is -0.329. The first-order chi connectivity index (χ1) is 13.0. The van der Waals surface area contributed by atoms with E-state index >= 15 is 0 Å². The predicted octanol–water partition coefficient (Wildman–Crippen LogP) is 3.63. The molecule has 0 unspecified atom stereocenters. The van der Waals surface area contributed by atoms with Gasteiger partial charge in [0.15, 0.2) is 18.1 Å². The van der Waals surface area contributed by atoms with Crippen LogP contribution < -0.4 is 19.6 Å². The van der Waals surface area contributed by atoms with Gasteiger partial charge in [0.05, 0.1) is 19.4 Å². The molecule has 0 aromatic heterocycles. The number of ether oxygens (including phenoxy) is 3. The number of nitrogens with one attached hydrogen (secondary N) is 1. The number of carbonyl (C=O) groups is 1. The van der Waals surface area contributed by atoms with Crippen molar-refractivity contribution in [3.63, 3.8) is 0 Å². The summed E-state index contributed by atoms with van der Waals surface area (Å²) in [6.45, 7) is 8.71. The molecule has 2 aromatic carbocycles. The van der Waals surface area contributed by atoms with Crippen LogP contribution in [0.25, 0.3) is 0 Å². The van der Waals surface area contributed by atoms with Crippen LogP contribution in [-0.4, -0.2) is 31.9 Å². The van der Waals surface area contributed by atoms with E-state index in [9.17, 15) is 4.79 Å². The van der Waals surface area contributed by atoms with Crippen LogP contribution in [-0.2, 0) is 4.79 Å². The number of hydrazone groups is 1. The maximum atomic E-state index is 11.9. The fraction of sp³-hybridized carbons (Fsp3) is 0.333. The molecule has 6 nitrogen and oxygen atoms in total.